The molecule has 1 aliphatic rings. The lowest BCUT2D eigenvalue weighted by Crippen LogP contribution is -2.36. The summed E-state index contributed by atoms with van der Waals surface area (Å²) in [5.74, 6) is 1.08. The highest BCUT2D eigenvalue weighted by molar-refractivity contribution is 5.76. The van der Waals surface area contributed by atoms with Gasteiger partial charge in [0.05, 0.1) is 11.7 Å². The van der Waals surface area contributed by atoms with Crippen LogP contribution in [0.1, 0.15) is 37.2 Å². The fourth-order valence-electron chi connectivity index (χ4n) is 3.42. The SMILES string of the molecule is Cc1cc(C)n([C@H](C)CC(=O)N2CCCN(c3cccnn3)CC2)n1. The maximum Gasteiger partial charge on any atom is 0.224 e. The summed E-state index contributed by atoms with van der Waals surface area (Å²) in [5, 5.41) is 12.6. The first-order valence-corrected chi connectivity index (χ1v) is 8.88. The van der Waals surface area contributed by atoms with E-state index in [1.807, 2.05) is 41.6 Å². The van der Waals surface area contributed by atoms with Crippen molar-refractivity contribution >= 4 is 11.7 Å². The molecule has 0 aliphatic carbocycles. The van der Waals surface area contributed by atoms with Gasteiger partial charge >= 0.3 is 0 Å². The van der Waals surface area contributed by atoms with E-state index in [1.54, 1.807) is 6.20 Å². The van der Waals surface area contributed by atoms with Crippen LogP contribution >= 0.6 is 0 Å². The highest BCUT2D eigenvalue weighted by Crippen LogP contribution is 2.17. The Morgan fingerprint density at radius 2 is 2.08 bits per heavy atom. The first kappa shape index (κ1) is 17.4. The van der Waals surface area contributed by atoms with Crippen molar-refractivity contribution in [2.24, 2.45) is 0 Å². The van der Waals surface area contributed by atoms with Crippen LogP contribution in [-0.4, -0.2) is 57.0 Å². The number of hydrogen-bond donors (Lipinski definition) is 0. The van der Waals surface area contributed by atoms with Gasteiger partial charge < -0.3 is 9.80 Å². The van der Waals surface area contributed by atoms with Crippen molar-refractivity contribution in [1.82, 2.24) is 24.9 Å². The Hall–Kier alpha value is -2.44. The van der Waals surface area contributed by atoms with Gasteiger partial charge in [-0.1, -0.05) is 0 Å². The number of aryl methyl sites for hydroxylation is 2. The van der Waals surface area contributed by atoms with Crippen molar-refractivity contribution in [2.75, 3.05) is 31.1 Å². The lowest BCUT2D eigenvalue weighted by molar-refractivity contribution is -0.131. The van der Waals surface area contributed by atoms with Gasteiger partial charge in [0.25, 0.3) is 0 Å². The summed E-state index contributed by atoms with van der Waals surface area (Å²) in [6.45, 7) is 9.27. The van der Waals surface area contributed by atoms with E-state index < -0.39 is 0 Å². The second-order valence-corrected chi connectivity index (χ2v) is 6.73. The van der Waals surface area contributed by atoms with Crippen molar-refractivity contribution in [2.45, 2.75) is 39.7 Å². The molecule has 0 N–H and O–H groups in total. The predicted octanol–water partition coefficient (Wildman–Crippen LogP) is 1.98. The monoisotopic (exact) mass is 342 g/mol. The molecule has 0 radical (unpaired) electrons. The fraction of sp³-hybridized carbons (Fsp3) is 0.556. The Morgan fingerprint density at radius 3 is 2.76 bits per heavy atom. The molecule has 134 valence electrons. The summed E-state index contributed by atoms with van der Waals surface area (Å²) in [6.07, 6.45) is 3.10. The Balaban J connectivity index is 1.58. The Labute approximate surface area is 148 Å². The van der Waals surface area contributed by atoms with E-state index in [-0.39, 0.29) is 11.9 Å². The van der Waals surface area contributed by atoms with Gasteiger partial charge in [0, 0.05) is 44.5 Å². The topological polar surface area (TPSA) is 67.2 Å². The van der Waals surface area contributed by atoms with Gasteiger partial charge in [0.2, 0.25) is 5.91 Å². The third kappa shape index (κ3) is 4.15. The van der Waals surface area contributed by atoms with Gasteiger partial charge in [-0.2, -0.15) is 10.2 Å². The van der Waals surface area contributed by atoms with E-state index in [9.17, 15) is 4.79 Å². The molecule has 0 spiro atoms. The molecule has 1 amide bonds. The highest BCUT2D eigenvalue weighted by atomic mass is 16.2. The van der Waals surface area contributed by atoms with Gasteiger partial charge in [-0.3, -0.25) is 9.48 Å². The molecule has 1 aliphatic heterocycles. The number of nitrogens with zero attached hydrogens (tertiary/aromatic N) is 6. The van der Waals surface area contributed by atoms with Crippen LogP contribution < -0.4 is 4.90 Å². The van der Waals surface area contributed by atoms with Gasteiger partial charge in [-0.25, -0.2) is 0 Å². The predicted molar refractivity (Wildman–Crippen MR) is 96.5 cm³/mol. The molecule has 0 bridgehead atoms. The lowest BCUT2D eigenvalue weighted by atomic mass is 10.2. The van der Waals surface area contributed by atoms with E-state index >= 15 is 0 Å². The van der Waals surface area contributed by atoms with Crippen LogP contribution in [0.25, 0.3) is 0 Å². The number of rotatable bonds is 4. The zero-order valence-corrected chi connectivity index (χ0v) is 15.2. The Kier molecular flexibility index (Phi) is 5.31. The fourth-order valence-corrected chi connectivity index (χ4v) is 3.42. The summed E-state index contributed by atoms with van der Waals surface area (Å²) in [4.78, 5) is 16.9. The molecule has 25 heavy (non-hydrogen) atoms. The van der Waals surface area contributed by atoms with Gasteiger partial charge in [0.15, 0.2) is 5.82 Å². The molecule has 2 aromatic heterocycles. The van der Waals surface area contributed by atoms with Gasteiger partial charge in [-0.15, -0.1) is 5.10 Å². The molecule has 1 atom stereocenters. The van der Waals surface area contributed by atoms with Crippen LogP contribution in [0.3, 0.4) is 0 Å². The minimum Gasteiger partial charge on any atom is -0.353 e. The Morgan fingerprint density at radius 1 is 1.24 bits per heavy atom. The van der Waals surface area contributed by atoms with Crippen LogP contribution in [-0.2, 0) is 4.79 Å². The number of carbonyl (C=O) groups is 1. The van der Waals surface area contributed by atoms with Crippen molar-refractivity contribution in [3.8, 4) is 0 Å². The largest absolute Gasteiger partial charge is 0.353 e. The third-order valence-electron chi connectivity index (χ3n) is 4.66. The standard InChI is InChI=1S/C18H26N6O/c1-14-12-15(2)24(21-14)16(3)13-18(25)23-9-5-8-22(10-11-23)17-6-4-7-19-20-17/h4,6-7,12,16H,5,8-11,13H2,1-3H3/t16-/m1/s1. The van der Waals surface area contributed by atoms with E-state index in [0.717, 1.165) is 49.8 Å². The molecule has 0 unspecified atom stereocenters. The molecule has 7 nitrogen and oxygen atoms in total. The molecule has 1 saturated heterocycles. The summed E-state index contributed by atoms with van der Waals surface area (Å²) < 4.78 is 1.96. The van der Waals surface area contributed by atoms with E-state index in [4.69, 9.17) is 0 Å². The molecule has 0 saturated carbocycles. The summed E-state index contributed by atoms with van der Waals surface area (Å²) in [7, 11) is 0. The summed E-state index contributed by atoms with van der Waals surface area (Å²) in [5.41, 5.74) is 2.09. The van der Waals surface area contributed by atoms with Crippen molar-refractivity contribution in [3.05, 3.63) is 35.8 Å². The lowest BCUT2D eigenvalue weighted by Gasteiger charge is -2.24. The minimum absolute atomic E-state index is 0.0700. The number of hydrogen-bond acceptors (Lipinski definition) is 5. The average Bonchev–Trinajstić information content (AvgIpc) is 2.81. The van der Waals surface area contributed by atoms with Gasteiger partial charge in [-0.05, 0) is 45.4 Å². The molecule has 3 rings (SSSR count). The Bertz CT molecular complexity index is 714. The normalized spacial score (nSPS) is 16.6. The number of carbonyl (C=O) groups excluding carboxylic acids is 1. The first-order valence-electron chi connectivity index (χ1n) is 8.88. The van der Waals surface area contributed by atoms with Crippen LogP contribution in [0.5, 0.6) is 0 Å². The van der Waals surface area contributed by atoms with Crippen molar-refractivity contribution in [1.29, 1.82) is 0 Å². The van der Waals surface area contributed by atoms with Gasteiger partial charge in [0.1, 0.15) is 0 Å². The van der Waals surface area contributed by atoms with E-state index in [0.29, 0.717) is 6.42 Å². The zero-order valence-electron chi connectivity index (χ0n) is 15.2. The van der Waals surface area contributed by atoms with Crippen LogP contribution in [0, 0.1) is 13.8 Å². The molecule has 1 fully saturated rings. The molecule has 2 aromatic rings. The molecule has 7 heteroatoms. The number of amides is 1. The maximum atomic E-state index is 12.7. The highest BCUT2D eigenvalue weighted by Gasteiger charge is 2.22. The third-order valence-corrected chi connectivity index (χ3v) is 4.66. The summed E-state index contributed by atoms with van der Waals surface area (Å²) >= 11 is 0. The molecule has 0 aromatic carbocycles. The van der Waals surface area contributed by atoms with Crippen LogP contribution in [0.2, 0.25) is 0 Å². The minimum atomic E-state index is 0.0700. The average molecular weight is 342 g/mol. The van der Waals surface area contributed by atoms with Crippen LogP contribution in [0.4, 0.5) is 5.82 Å². The second-order valence-electron chi connectivity index (χ2n) is 6.73. The maximum absolute atomic E-state index is 12.7. The van der Waals surface area contributed by atoms with E-state index in [2.05, 4.69) is 27.1 Å². The molecular weight excluding hydrogens is 316 g/mol. The molecule has 3 heterocycles. The van der Waals surface area contributed by atoms with E-state index in [1.165, 1.54) is 0 Å². The quantitative estimate of drug-likeness (QED) is 0.850. The zero-order chi connectivity index (χ0) is 17.8. The summed E-state index contributed by atoms with van der Waals surface area (Å²) in [6, 6.07) is 5.98. The molecular formula is C18H26N6O. The van der Waals surface area contributed by atoms with Crippen molar-refractivity contribution < 1.29 is 4.79 Å². The van der Waals surface area contributed by atoms with Crippen LogP contribution in [0.15, 0.2) is 24.4 Å². The second kappa shape index (κ2) is 7.63. The smallest absolute Gasteiger partial charge is 0.224 e. The van der Waals surface area contributed by atoms with Crippen molar-refractivity contribution in [3.63, 3.8) is 0 Å². The number of aromatic nitrogens is 4. The first-order chi connectivity index (χ1) is 12.0. The number of anilines is 1.